The summed E-state index contributed by atoms with van der Waals surface area (Å²) in [7, 11) is 1.88. The third kappa shape index (κ3) is 3.45. The van der Waals surface area contributed by atoms with Gasteiger partial charge in [-0.3, -0.25) is 4.79 Å². The van der Waals surface area contributed by atoms with Crippen molar-refractivity contribution in [3.63, 3.8) is 0 Å². The number of thiophene rings is 1. The molecular weight excluding hydrogens is 268 g/mol. The van der Waals surface area contributed by atoms with Gasteiger partial charge in [-0.2, -0.15) is 0 Å². The number of hydrogen-bond acceptors (Lipinski definition) is 3. The highest BCUT2D eigenvalue weighted by atomic mass is 35.5. The predicted molar refractivity (Wildman–Crippen MR) is 79.9 cm³/mol. The molecule has 1 aromatic heterocycles. The number of carbonyl (C=O) groups excluding carboxylic acids is 1. The number of hydrogen-bond donors (Lipinski definition) is 2. The second-order valence-electron chi connectivity index (χ2n) is 4.07. The zero-order valence-electron chi connectivity index (χ0n) is 10.4. The van der Waals surface area contributed by atoms with Gasteiger partial charge in [0.1, 0.15) is 0 Å². The maximum Gasteiger partial charge on any atom is 0.251 e. The van der Waals surface area contributed by atoms with Gasteiger partial charge < -0.3 is 10.6 Å². The molecule has 18 heavy (non-hydrogen) atoms. The monoisotopic (exact) mass is 284 g/mol. The fourth-order valence-corrected chi connectivity index (χ4v) is 2.33. The normalized spacial score (nSPS) is 11.9. The molecule has 3 nitrogen and oxygen atoms in total. The lowest BCUT2D eigenvalue weighted by atomic mass is 10.1. The molecule has 0 fully saturated rings. The van der Waals surface area contributed by atoms with E-state index >= 15 is 0 Å². The van der Waals surface area contributed by atoms with E-state index in [1.165, 1.54) is 4.70 Å². The average molecular weight is 285 g/mol. The SMILES string of the molecule is CNC(C)CNC(=O)c1ccc2sccc2c1.Cl. The molecule has 1 atom stereocenters. The zero-order valence-corrected chi connectivity index (χ0v) is 12.0. The summed E-state index contributed by atoms with van der Waals surface area (Å²) in [6.45, 7) is 2.67. The van der Waals surface area contributed by atoms with Gasteiger partial charge in [-0.1, -0.05) is 0 Å². The van der Waals surface area contributed by atoms with Gasteiger partial charge in [0.15, 0.2) is 0 Å². The van der Waals surface area contributed by atoms with Crippen molar-refractivity contribution in [2.24, 2.45) is 0 Å². The molecule has 1 unspecified atom stereocenters. The van der Waals surface area contributed by atoms with Crippen LogP contribution in [0.4, 0.5) is 0 Å². The molecule has 0 saturated heterocycles. The fourth-order valence-electron chi connectivity index (χ4n) is 1.56. The Kier molecular flexibility index (Phi) is 5.59. The van der Waals surface area contributed by atoms with Crippen LogP contribution in [0.1, 0.15) is 17.3 Å². The molecule has 1 heterocycles. The molecule has 0 bridgehead atoms. The standard InChI is InChI=1S/C13H16N2OS.ClH/c1-9(14-2)8-15-13(16)11-3-4-12-10(7-11)5-6-17-12;/h3-7,9,14H,8H2,1-2H3,(H,15,16);1H. The Labute approximate surface area is 117 Å². The van der Waals surface area contributed by atoms with E-state index in [1.54, 1.807) is 11.3 Å². The Morgan fingerprint density at radius 1 is 1.39 bits per heavy atom. The Morgan fingerprint density at radius 3 is 2.89 bits per heavy atom. The van der Waals surface area contributed by atoms with Crippen molar-refractivity contribution < 1.29 is 4.79 Å². The summed E-state index contributed by atoms with van der Waals surface area (Å²) in [5, 5.41) is 9.16. The Hall–Kier alpha value is -1.10. The van der Waals surface area contributed by atoms with Crippen LogP contribution >= 0.6 is 23.7 Å². The van der Waals surface area contributed by atoms with Crippen LogP contribution in [0, 0.1) is 0 Å². The molecule has 0 saturated carbocycles. The van der Waals surface area contributed by atoms with E-state index < -0.39 is 0 Å². The summed E-state index contributed by atoms with van der Waals surface area (Å²) >= 11 is 1.69. The maximum absolute atomic E-state index is 11.9. The van der Waals surface area contributed by atoms with Crippen LogP contribution in [0.15, 0.2) is 29.6 Å². The number of rotatable bonds is 4. The first-order chi connectivity index (χ1) is 8.20. The van der Waals surface area contributed by atoms with Gasteiger partial charge in [-0.25, -0.2) is 0 Å². The molecule has 0 aliphatic heterocycles. The van der Waals surface area contributed by atoms with E-state index in [2.05, 4.69) is 10.6 Å². The molecule has 2 N–H and O–H groups in total. The van der Waals surface area contributed by atoms with Crippen LogP contribution in [0.25, 0.3) is 10.1 Å². The molecule has 1 amide bonds. The van der Waals surface area contributed by atoms with Crippen molar-refractivity contribution in [2.45, 2.75) is 13.0 Å². The van der Waals surface area contributed by atoms with E-state index in [9.17, 15) is 4.79 Å². The molecule has 0 spiro atoms. The highest BCUT2D eigenvalue weighted by molar-refractivity contribution is 7.17. The molecule has 2 rings (SSSR count). The zero-order chi connectivity index (χ0) is 12.3. The van der Waals surface area contributed by atoms with Gasteiger partial charge in [-0.05, 0) is 49.0 Å². The van der Waals surface area contributed by atoms with E-state index in [1.807, 2.05) is 43.6 Å². The largest absolute Gasteiger partial charge is 0.350 e. The number of fused-ring (bicyclic) bond motifs is 1. The number of amides is 1. The third-order valence-electron chi connectivity index (χ3n) is 2.78. The maximum atomic E-state index is 11.9. The summed E-state index contributed by atoms with van der Waals surface area (Å²) in [6.07, 6.45) is 0. The van der Waals surface area contributed by atoms with Crippen LogP contribution in [0.3, 0.4) is 0 Å². The van der Waals surface area contributed by atoms with Crippen molar-refractivity contribution in [1.29, 1.82) is 0 Å². The number of likely N-dealkylation sites (N-methyl/N-ethyl adjacent to an activating group) is 1. The Balaban J connectivity index is 0.00000162. The second-order valence-corrected chi connectivity index (χ2v) is 5.02. The lowest BCUT2D eigenvalue weighted by molar-refractivity contribution is 0.0950. The van der Waals surface area contributed by atoms with Gasteiger partial charge in [0.2, 0.25) is 0 Å². The van der Waals surface area contributed by atoms with Crippen molar-refractivity contribution in [3.8, 4) is 0 Å². The first kappa shape index (κ1) is 15.0. The number of benzene rings is 1. The molecule has 5 heteroatoms. The van der Waals surface area contributed by atoms with Crippen LogP contribution < -0.4 is 10.6 Å². The quantitative estimate of drug-likeness (QED) is 0.906. The van der Waals surface area contributed by atoms with Gasteiger partial charge in [-0.15, -0.1) is 23.7 Å². The Bertz CT molecular complexity index is 526. The molecular formula is C13H17ClN2OS. The van der Waals surface area contributed by atoms with E-state index in [4.69, 9.17) is 0 Å². The smallest absolute Gasteiger partial charge is 0.251 e. The van der Waals surface area contributed by atoms with Crippen molar-refractivity contribution in [2.75, 3.05) is 13.6 Å². The molecule has 0 aliphatic carbocycles. The average Bonchev–Trinajstić information content (AvgIpc) is 2.82. The first-order valence-electron chi connectivity index (χ1n) is 5.63. The highest BCUT2D eigenvalue weighted by Crippen LogP contribution is 2.21. The second kappa shape index (κ2) is 6.73. The molecule has 0 radical (unpaired) electrons. The minimum absolute atomic E-state index is 0. The predicted octanol–water partition coefficient (Wildman–Crippen LogP) is 2.66. The summed E-state index contributed by atoms with van der Waals surface area (Å²) < 4.78 is 1.21. The van der Waals surface area contributed by atoms with Crippen LogP contribution in [-0.4, -0.2) is 25.5 Å². The van der Waals surface area contributed by atoms with Crippen molar-refractivity contribution >= 4 is 39.7 Å². The summed E-state index contributed by atoms with van der Waals surface area (Å²) in [5.74, 6) is -0.0137. The highest BCUT2D eigenvalue weighted by Gasteiger charge is 2.07. The third-order valence-corrected chi connectivity index (χ3v) is 3.67. The lowest BCUT2D eigenvalue weighted by Gasteiger charge is -2.11. The van der Waals surface area contributed by atoms with Gasteiger partial charge in [0.05, 0.1) is 0 Å². The van der Waals surface area contributed by atoms with Gasteiger partial charge >= 0.3 is 0 Å². The number of halogens is 1. The lowest BCUT2D eigenvalue weighted by Crippen LogP contribution is -2.37. The van der Waals surface area contributed by atoms with E-state index in [0.717, 1.165) is 10.9 Å². The summed E-state index contributed by atoms with van der Waals surface area (Å²) in [5.41, 5.74) is 0.721. The minimum Gasteiger partial charge on any atom is -0.350 e. The first-order valence-corrected chi connectivity index (χ1v) is 6.51. The van der Waals surface area contributed by atoms with Crippen LogP contribution in [0.2, 0.25) is 0 Å². The van der Waals surface area contributed by atoms with Crippen molar-refractivity contribution in [3.05, 3.63) is 35.2 Å². The fraction of sp³-hybridized carbons (Fsp3) is 0.308. The molecule has 1 aromatic carbocycles. The van der Waals surface area contributed by atoms with Crippen LogP contribution in [-0.2, 0) is 0 Å². The number of nitrogens with one attached hydrogen (secondary N) is 2. The van der Waals surface area contributed by atoms with Gasteiger partial charge in [0, 0.05) is 22.8 Å². The molecule has 98 valence electrons. The topological polar surface area (TPSA) is 41.1 Å². The van der Waals surface area contributed by atoms with Crippen molar-refractivity contribution in [1.82, 2.24) is 10.6 Å². The Morgan fingerprint density at radius 2 is 2.17 bits per heavy atom. The minimum atomic E-state index is -0.0137. The molecule has 2 aromatic rings. The summed E-state index contributed by atoms with van der Waals surface area (Å²) in [4.78, 5) is 11.9. The van der Waals surface area contributed by atoms with E-state index in [-0.39, 0.29) is 24.4 Å². The molecule has 0 aliphatic rings. The summed E-state index contributed by atoms with van der Waals surface area (Å²) in [6, 6.07) is 8.12. The van der Waals surface area contributed by atoms with Gasteiger partial charge in [0.25, 0.3) is 5.91 Å². The van der Waals surface area contributed by atoms with E-state index in [0.29, 0.717) is 6.54 Å². The van der Waals surface area contributed by atoms with Crippen LogP contribution in [0.5, 0.6) is 0 Å². The number of carbonyl (C=O) groups is 1.